The topological polar surface area (TPSA) is 72.7 Å². The molecule has 0 aliphatic rings. The number of nitrogens with one attached hydrogen (secondary N) is 1. The lowest BCUT2D eigenvalue weighted by molar-refractivity contribution is 0.0945. The molecule has 1 N–H and O–H groups in total. The van der Waals surface area contributed by atoms with Crippen LogP contribution in [-0.4, -0.2) is 25.9 Å². The van der Waals surface area contributed by atoms with Gasteiger partial charge >= 0.3 is 0 Å². The number of thiazole rings is 1. The Bertz CT molecular complexity index is 856. The van der Waals surface area contributed by atoms with Crippen molar-refractivity contribution in [3.63, 3.8) is 0 Å². The van der Waals surface area contributed by atoms with Crippen LogP contribution >= 0.6 is 11.3 Å². The van der Waals surface area contributed by atoms with Crippen molar-refractivity contribution in [1.29, 1.82) is 0 Å². The zero-order valence-electron chi connectivity index (χ0n) is 12.7. The monoisotopic (exact) mass is 349 g/mol. The molecule has 24 heavy (non-hydrogen) atoms. The van der Waals surface area contributed by atoms with Crippen molar-refractivity contribution in [1.82, 2.24) is 25.3 Å². The highest BCUT2D eigenvalue weighted by Crippen LogP contribution is 2.13. The third-order valence-electron chi connectivity index (χ3n) is 3.25. The fourth-order valence-corrected chi connectivity index (χ4v) is 2.69. The highest BCUT2D eigenvalue weighted by atomic mass is 32.1. The minimum atomic E-state index is -0.671. The number of carbonyl (C=O) groups excluding carboxylic acids is 1. The molecule has 2 aromatic heterocycles. The number of nitrogens with zero attached hydrogens (tertiary/aromatic N) is 4. The van der Waals surface area contributed by atoms with Crippen molar-refractivity contribution < 1.29 is 13.6 Å². The molecular weight excluding hydrogens is 336 g/mol. The summed E-state index contributed by atoms with van der Waals surface area (Å²) in [4.78, 5) is 16.3. The van der Waals surface area contributed by atoms with Crippen LogP contribution in [0.1, 0.15) is 26.8 Å². The van der Waals surface area contributed by atoms with Crippen molar-refractivity contribution in [2.75, 3.05) is 0 Å². The van der Waals surface area contributed by atoms with E-state index < -0.39 is 17.5 Å². The Labute approximate surface area is 140 Å². The summed E-state index contributed by atoms with van der Waals surface area (Å²) < 4.78 is 28.5. The highest BCUT2D eigenvalue weighted by molar-refractivity contribution is 7.09. The van der Waals surface area contributed by atoms with E-state index in [9.17, 15) is 13.6 Å². The van der Waals surface area contributed by atoms with Crippen molar-refractivity contribution in [3.05, 3.63) is 63.4 Å². The third-order valence-corrected chi connectivity index (χ3v) is 4.07. The molecule has 0 saturated carbocycles. The molecule has 0 radical (unpaired) electrons. The van der Waals surface area contributed by atoms with E-state index in [0.717, 1.165) is 10.7 Å². The maximum absolute atomic E-state index is 13.6. The van der Waals surface area contributed by atoms with E-state index in [1.807, 2.05) is 12.3 Å². The number of hydrogen-bond donors (Lipinski definition) is 1. The largest absolute Gasteiger partial charge is 0.345 e. The van der Waals surface area contributed by atoms with Gasteiger partial charge in [-0.15, -0.1) is 16.4 Å². The number of rotatable bonds is 5. The van der Waals surface area contributed by atoms with E-state index >= 15 is 0 Å². The van der Waals surface area contributed by atoms with Crippen LogP contribution in [0.15, 0.2) is 29.8 Å². The van der Waals surface area contributed by atoms with Gasteiger partial charge in [-0.1, -0.05) is 11.3 Å². The average Bonchev–Trinajstić information content (AvgIpc) is 3.18. The molecule has 0 fully saturated rings. The molecule has 6 nitrogen and oxygen atoms in total. The first-order valence-electron chi connectivity index (χ1n) is 7.05. The average molecular weight is 349 g/mol. The van der Waals surface area contributed by atoms with Crippen molar-refractivity contribution in [3.8, 4) is 0 Å². The predicted octanol–water partition coefficient (Wildman–Crippen LogP) is 2.30. The summed E-state index contributed by atoms with van der Waals surface area (Å²) in [5.41, 5.74) is 0.692. The van der Waals surface area contributed by atoms with Crippen LogP contribution in [0.3, 0.4) is 0 Å². The fraction of sp³-hybridized carbons (Fsp3) is 0.200. The van der Waals surface area contributed by atoms with Crippen LogP contribution in [0.5, 0.6) is 0 Å². The van der Waals surface area contributed by atoms with E-state index in [-0.39, 0.29) is 24.3 Å². The Morgan fingerprint density at radius 3 is 2.75 bits per heavy atom. The van der Waals surface area contributed by atoms with Crippen molar-refractivity contribution in [2.24, 2.45) is 0 Å². The van der Waals surface area contributed by atoms with Crippen LogP contribution in [0.2, 0.25) is 0 Å². The molecule has 3 aromatic rings. The van der Waals surface area contributed by atoms with Gasteiger partial charge in [0.1, 0.15) is 11.6 Å². The van der Waals surface area contributed by atoms with Gasteiger partial charge in [-0.2, -0.15) is 0 Å². The molecule has 0 aliphatic carbocycles. The van der Waals surface area contributed by atoms with Gasteiger partial charge in [0, 0.05) is 10.9 Å². The molecule has 0 unspecified atom stereocenters. The molecule has 2 heterocycles. The molecule has 0 spiro atoms. The molecule has 3 rings (SSSR count). The lowest BCUT2D eigenvalue weighted by Crippen LogP contribution is -2.23. The maximum atomic E-state index is 13.6. The first kappa shape index (κ1) is 16.2. The van der Waals surface area contributed by atoms with Crippen LogP contribution in [-0.2, 0) is 13.1 Å². The van der Waals surface area contributed by atoms with E-state index in [1.54, 1.807) is 0 Å². The summed E-state index contributed by atoms with van der Waals surface area (Å²) in [6.07, 6.45) is 1.34. The Balaban J connectivity index is 1.65. The van der Waals surface area contributed by atoms with Gasteiger partial charge in [0.15, 0.2) is 5.69 Å². The zero-order valence-corrected chi connectivity index (χ0v) is 13.5. The second kappa shape index (κ2) is 6.83. The molecule has 9 heteroatoms. The number of hydrogen-bond acceptors (Lipinski definition) is 5. The molecule has 0 saturated heterocycles. The third kappa shape index (κ3) is 3.62. The quantitative estimate of drug-likeness (QED) is 0.767. The summed E-state index contributed by atoms with van der Waals surface area (Å²) >= 11 is 1.49. The SMILES string of the molecule is Cc1nc(CNC(=O)c2cn(Cc3c(F)cccc3F)nn2)cs1. The van der Waals surface area contributed by atoms with Gasteiger partial charge < -0.3 is 5.32 Å². The number of benzene rings is 1. The summed E-state index contributed by atoms with van der Waals surface area (Å²) in [7, 11) is 0. The Morgan fingerprint density at radius 1 is 1.33 bits per heavy atom. The molecular formula is C15H13F2N5OS. The second-order valence-electron chi connectivity index (χ2n) is 5.04. The normalized spacial score (nSPS) is 10.8. The van der Waals surface area contributed by atoms with Gasteiger partial charge in [0.05, 0.1) is 30.0 Å². The number of amides is 1. The number of carbonyl (C=O) groups is 1. The minimum Gasteiger partial charge on any atom is -0.345 e. The molecule has 0 atom stereocenters. The van der Waals surface area contributed by atoms with Crippen LogP contribution < -0.4 is 5.32 Å². The second-order valence-corrected chi connectivity index (χ2v) is 6.10. The Kier molecular flexibility index (Phi) is 4.61. The summed E-state index contributed by atoms with van der Waals surface area (Å²) in [6.45, 7) is 2.01. The first-order valence-corrected chi connectivity index (χ1v) is 7.93. The van der Waals surface area contributed by atoms with Gasteiger partial charge in [0.25, 0.3) is 5.91 Å². The molecule has 124 valence electrons. The lowest BCUT2D eigenvalue weighted by atomic mass is 10.2. The van der Waals surface area contributed by atoms with Gasteiger partial charge in [-0.05, 0) is 19.1 Å². The van der Waals surface area contributed by atoms with E-state index in [1.165, 1.54) is 40.4 Å². The van der Waals surface area contributed by atoms with Crippen LogP contribution in [0.25, 0.3) is 0 Å². The number of aromatic nitrogens is 4. The minimum absolute atomic E-state index is 0.0682. The van der Waals surface area contributed by atoms with Crippen molar-refractivity contribution in [2.45, 2.75) is 20.0 Å². The first-order chi connectivity index (χ1) is 11.5. The maximum Gasteiger partial charge on any atom is 0.273 e. The summed E-state index contributed by atoms with van der Waals surface area (Å²) in [5.74, 6) is -1.77. The smallest absolute Gasteiger partial charge is 0.273 e. The Hall–Kier alpha value is -2.68. The fourth-order valence-electron chi connectivity index (χ4n) is 2.08. The molecule has 1 aromatic carbocycles. The standard InChI is InChI=1S/C15H13F2N5OS/c1-9-19-10(8-24-9)5-18-15(23)14-7-22(21-20-14)6-11-12(16)3-2-4-13(11)17/h2-4,7-8H,5-6H2,1H3,(H,18,23). The van der Waals surface area contributed by atoms with E-state index in [2.05, 4.69) is 20.6 Å². The van der Waals surface area contributed by atoms with Crippen LogP contribution in [0.4, 0.5) is 8.78 Å². The van der Waals surface area contributed by atoms with Crippen LogP contribution in [0, 0.1) is 18.6 Å². The van der Waals surface area contributed by atoms with Crippen molar-refractivity contribution >= 4 is 17.2 Å². The highest BCUT2D eigenvalue weighted by Gasteiger charge is 2.14. The van der Waals surface area contributed by atoms with Gasteiger partial charge in [-0.3, -0.25) is 4.79 Å². The number of aryl methyl sites for hydroxylation is 1. The van der Waals surface area contributed by atoms with Gasteiger partial charge in [0.2, 0.25) is 0 Å². The molecule has 0 bridgehead atoms. The summed E-state index contributed by atoms with van der Waals surface area (Å²) in [5, 5.41) is 12.9. The van der Waals surface area contributed by atoms with E-state index in [0.29, 0.717) is 0 Å². The zero-order chi connectivity index (χ0) is 17.1. The summed E-state index contributed by atoms with van der Waals surface area (Å²) in [6, 6.07) is 3.62. The van der Waals surface area contributed by atoms with Gasteiger partial charge in [-0.25, -0.2) is 18.4 Å². The lowest BCUT2D eigenvalue weighted by Gasteiger charge is -2.03. The Morgan fingerprint density at radius 2 is 2.08 bits per heavy atom. The molecule has 1 amide bonds. The number of halogens is 2. The molecule has 0 aliphatic heterocycles. The predicted molar refractivity (Wildman–Crippen MR) is 83.5 cm³/mol. The van der Waals surface area contributed by atoms with E-state index in [4.69, 9.17) is 0 Å².